The maximum atomic E-state index is 15.3. The van der Waals surface area contributed by atoms with Crippen LogP contribution in [0.15, 0.2) is 66.9 Å². The number of ketones is 1. The summed E-state index contributed by atoms with van der Waals surface area (Å²) in [5.41, 5.74) is 0.946. The first-order chi connectivity index (χ1) is 17.4. The standard InChI is InChI=1S/C27H20ClF2N3O3/c28-19-3-1-2-17(11-19)27(35)32-24-14-20(29)13-22(25(24)30)26(34)16-4-5-23-18(10-16)12-21(15-31-23)33-6-8-36-9-7-33/h1-5,10-15H,6-9H2,(H,32,35). The molecule has 3 aromatic carbocycles. The van der Waals surface area contributed by atoms with Gasteiger partial charge in [0.05, 0.1) is 41.9 Å². The van der Waals surface area contributed by atoms with Gasteiger partial charge < -0.3 is 15.0 Å². The molecule has 0 aliphatic carbocycles. The van der Waals surface area contributed by atoms with E-state index in [1.54, 1.807) is 30.5 Å². The van der Waals surface area contributed by atoms with Crippen molar-refractivity contribution in [1.82, 2.24) is 4.98 Å². The molecule has 36 heavy (non-hydrogen) atoms. The van der Waals surface area contributed by atoms with Gasteiger partial charge in [0.15, 0.2) is 11.6 Å². The third-order valence-electron chi connectivity index (χ3n) is 5.92. The number of aromatic nitrogens is 1. The largest absolute Gasteiger partial charge is 0.378 e. The lowest BCUT2D eigenvalue weighted by Crippen LogP contribution is -2.36. The predicted octanol–water partition coefficient (Wildman–Crippen LogP) is 5.49. The zero-order valence-electron chi connectivity index (χ0n) is 18.9. The molecule has 0 unspecified atom stereocenters. The fraction of sp³-hybridized carbons (Fsp3) is 0.148. The summed E-state index contributed by atoms with van der Waals surface area (Å²) >= 11 is 5.91. The zero-order chi connectivity index (χ0) is 25.2. The second kappa shape index (κ2) is 10.0. The summed E-state index contributed by atoms with van der Waals surface area (Å²) in [5.74, 6) is -3.30. The molecule has 6 nitrogen and oxygen atoms in total. The highest BCUT2D eigenvalue weighted by Gasteiger charge is 2.21. The van der Waals surface area contributed by atoms with Gasteiger partial charge in [-0.2, -0.15) is 0 Å². The third-order valence-corrected chi connectivity index (χ3v) is 6.16. The Kier molecular flexibility index (Phi) is 6.63. The molecule has 1 saturated heterocycles. The average molecular weight is 508 g/mol. The van der Waals surface area contributed by atoms with Crippen molar-refractivity contribution in [3.63, 3.8) is 0 Å². The highest BCUT2D eigenvalue weighted by Crippen LogP contribution is 2.27. The molecule has 1 aliphatic heterocycles. The van der Waals surface area contributed by atoms with Gasteiger partial charge in [0, 0.05) is 40.7 Å². The first kappa shape index (κ1) is 23.8. The van der Waals surface area contributed by atoms with Crippen molar-refractivity contribution in [1.29, 1.82) is 0 Å². The van der Waals surface area contributed by atoms with Gasteiger partial charge in [0.25, 0.3) is 5.91 Å². The molecule has 1 aliphatic rings. The summed E-state index contributed by atoms with van der Waals surface area (Å²) < 4.78 is 35.1. The van der Waals surface area contributed by atoms with Crippen molar-refractivity contribution >= 4 is 45.6 Å². The number of fused-ring (bicyclic) bond motifs is 1. The molecule has 182 valence electrons. The molecular weight excluding hydrogens is 488 g/mol. The van der Waals surface area contributed by atoms with Crippen molar-refractivity contribution in [3.8, 4) is 0 Å². The molecule has 1 aromatic heterocycles. The number of nitrogens with one attached hydrogen (secondary N) is 1. The molecule has 0 radical (unpaired) electrons. The van der Waals surface area contributed by atoms with Gasteiger partial charge in [-0.05, 0) is 48.5 Å². The number of carbonyl (C=O) groups is 2. The molecule has 1 fully saturated rings. The van der Waals surface area contributed by atoms with Crippen LogP contribution in [-0.2, 0) is 4.74 Å². The number of halogens is 3. The van der Waals surface area contributed by atoms with E-state index in [1.807, 2.05) is 6.07 Å². The van der Waals surface area contributed by atoms with Crippen LogP contribution in [0.3, 0.4) is 0 Å². The number of hydrogen-bond acceptors (Lipinski definition) is 5. The first-order valence-electron chi connectivity index (χ1n) is 11.2. The van der Waals surface area contributed by atoms with Gasteiger partial charge in [-0.25, -0.2) is 8.78 Å². The van der Waals surface area contributed by atoms with E-state index in [-0.39, 0.29) is 11.1 Å². The normalized spacial score (nSPS) is 13.6. The van der Waals surface area contributed by atoms with Crippen molar-refractivity contribution < 1.29 is 23.1 Å². The van der Waals surface area contributed by atoms with Gasteiger partial charge in [0.2, 0.25) is 0 Å². The molecule has 9 heteroatoms. The lowest BCUT2D eigenvalue weighted by Gasteiger charge is -2.28. The number of amides is 1. The van der Waals surface area contributed by atoms with Crippen LogP contribution in [0, 0.1) is 11.6 Å². The lowest BCUT2D eigenvalue weighted by molar-refractivity contribution is 0.101. The Morgan fingerprint density at radius 1 is 0.972 bits per heavy atom. The summed E-state index contributed by atoms with van der Waals surface area (Å²) in [6.07, 6.45) is 1.76. The second-order valence-corrected chi connectivity index (χ2v) is 8.75. The van der Waals surface area contributed by atoms with Gasteiger partial charge in [0.1, 0.15) is 5.82 Å². The molecule has 0 saturated carbocycles. The van der Waals surface area contributed by atoms with E-state index in [0.717, 1.165) is 30.9 Å². The summed E-state index contributed by atoms with van der Waals surface area (Å²) in [7, 11) is 0. The minimum atomic E-state index is -1.03. The highest BCUT2D eigenvalue weighted by atomic mass is 35.5. The van der Waals surface area contributed by atoms with E-state index in [4.69, 9.17) is 16.3 Å². The SMILES string of the molecule is O=C(Nc1cc(F)cc(C(=O)c2ccc3ncc(N4CCOCC4)cc3c2)c1F)c1cccc(Cl)c1. The minimum Gasteiger partial charge on any atom is -0.378 e. The second-order valence-electron chi connectivity index (χ2n) is 8.31. The summed E-state index contributed by atoms with van der Waals surface area (Å²) in [5, 5.41) is 3.34. The Morgan fingerprint density at radius 3 is 2.56 bits per heavy atom. The van der Waals surface area contributed by atoms with Gasteiger partial charge >= 0.3 is 0 Å². The van der Waals surface area contributed by atoms with Crippen LogP contribution in [0.1, 0.15) is 26.3 Å². The number of carbonyl (C=O) groups excluding carboxylic acids is 2. The van der Waals surface area contributed by atoms with Crippen LogP contribution < -0.4 is 10.2 Å². The summed E-state index contributed by atoms with van der Waals surface area (Å²) in [6.45, 7) is 2.69. The average Bonchev–Trinajstić information content (AvgIpc) is 2.90. The van der Waals surface area contributed by atoms with Gasteiger partial charge in [-0.1, -0.05) is 17.7 Å². The Hall–Kier alpha value is -3.88. The quantitative estimate of drug-likeness (QED) is 0.362. The number of morpholine rings is 1. The molecule has 4 aromatic rings. The predicted molar refractivity (Wildman–Crippen MR) is 134 cm³/mol. The van der Waals surface area contributed by atoms with E-state index in [9.17, 15) is 14.0 Å². The van der Waals surface area contributed by atoms with Crippen molar-refractivity contribution in [2.24, 2.45) is 0 Å². The van der Waals surface area contributed by atoms with Crippen LogP contribution in [-0.4, -0.2) is 43.0 Å². The lowest BCUT2D eigenvalue weighted by atomic mass is 10.00. The van der Waals surface area contributed by atoms with E-state index in [0.29, 0.717) is 29.1 Å². The topological polar surface area (TPSA) is 71.5 Å². The molecule has 0 bridgehead atoms. The smallest absolute Gasteiger partial charge is 0.255 e. The van der Waals surface area contributed by atoms with Gasteiger partial charge in [-0.3, -0.25) is 14.6 Å². The number of pyridine rings is 1. The number of anilines is 2. The van der Waals surface area contributed by atoms with Crippen molar-refractivity contribution in [3.05, 3.63) is 100 Å². The van der Waals surface area contributed by atoms with Crippen LogP contribution in [0.4, 0.5) is 20.2 Å². The molecule has 2 heterocycles. The van der Waals surface area contributed by atoms with E-state index >= 15 is 4.39 Å². The summed E-state index contributed by atoms with van der Waals surface area (Å²) in [6, 6.07) is 14.4. The van der Waals surface area contributed by atoms with Crippen LogP contribution >= 0.6 is 11.6 Å². The molecular formula is C27H20ClF2N3O3. The number of ether oxygens (including phenoxy) is 1. The fourth-order valence-electron chi connectivity index (χ4n) is 4.08. The van der Waals surface area contributed by atoms with Gasteiger partial charge in [-0.15, -0.1) is 0 Å². The van der Waals surface area contributed by atoms with E-state index < -0.39 is 34.6 Å². The van der Waals surface area contributed by atoms with Crippen LogP contribution in [0.5, 0.6) is 0 Å². The zero-order valence-corrected chi connectivity index (χ0v) is 19.7. The highest BCUT2D eigenvalue weighted by molar-refractivity contribution is 6.31. The van der Waals surface area contributed by atoms with Crippen molar-refractivity contribution in [2.75, 3.05) is 36.5 Å². The van der Waals surface area contributed by atoms with Crippen LogP contribution in [0.25, 0.3) is 10.9 Å². The summed E-state index contributed by atoms with van der Waals surface area (Å²) in [4.78, 5) is 32.3. The fourth-order valence-corrected chi connectivity index (χ4v) is 4.27. The number of hydrogen-bond donors (Lipinski definition) is 1. The molecule has 0 atom stereocenters. The minimum absolute atomic E-state index is 0.164. The Bertz CT molecular complexity index is 1490. The number of rotatable bonds is 5. The third kappa shape index (κ3) is 4.91. The molecule has 0 spiro atoms. The Balaban J connectivity index is 1.45. The maximum absolute atomic E-state index is 15.3. The monoisotopic (exact) mass is 507 g/mol. The number of benzene rings is 3. The molecule has 5 rings (SSSR count). The first-order valence-corrected chi connectivity index (χ1v) is 11.6. The number of nitrogens with zero attached hydrogens (tertiary/aromatic N) is 2. The Morgan fingerprint density at radius 2 is 1.78 bits per heavy atom. The van der Waals surface area contributed by atoms with Crippen LogP contribution in [0.2, 0.25) is 5.02 Å². The molecule has 1 amide bonds. The molecule has 1 N–H and O–H groups in total. The Labute approximate surface area is 210 Å². The van der Waals surface area contributed by atoms with E-state index in [2.05, 4.69) is 15.2 Å². The van der Waals surface area contributed by atoms with E-state index in [1.165, 1.54) is 18.2 Å². The maximum Gasteiger partial charge on any atom is 0.255 e. The van der Waals surface area contributed by atoms with Crippen molar-refractivity contribution in [2.45, 2.75) is 0 Å².